The van der Waals surface area contributed by atoms with Crippen LogP contribution in [0.25, 0.3) is 0 Å². The number of hydrogen-bond acceptors (Lipinski definition) is 2. The second-order valence-corrected chi connectivity index (χ2v) is 29.5. The molecular weight excluding hydrogens is 557 g/mol. The molecule has 0 aliphatic heterocycles. The van der Waals surface area contributed by atoms with Gasteiger partial charge in [0.25, 0.3) is 0 Å². The van der Waals surface area contributed by atoms with Gasteiger partial charge in [0.2, 0.25) is 0 Å². The highest BCUT2D eigenvalue weighted by Crippen LogP contribution is 2.69. The SMILES string of the molecule is CC(C)=CCC[C@@H](C)[C@H]1CC[C@H]2[C@@H]3C[C@H](O[Si](C)(C)C(C)(C)C)[C@@H]4C[C@H](O[Si](C)(C)C(C)(C)C)CC[C@]4(C)[C@H]3CC[C@]12C. The summed E-state index contributed by atoms with van der Waals surface area (Å²) in [5, 5.41) is 0.504. The Bertz CT molecular complexity index is 998. The van der Waals surface area contributed by atoms with E-state index in [2.05, 4.69) is 108 Å². The van der Waals surface area contributed by atoms with Gasteiger partial charge in [-0.2, -0.15) is 0 Å². The molecule has 43 heavy (non-hydrogen) atoms. The van der Waals surface area contributed by atoms with Gasteiger partial charge < -0.3 is 8.85 Å². The van der Waals surface area contributed by atoms with Crippen LogP contribution in [0, 0.1) is 46.3 Å². The van der Waals surface area contributed by atoms with E-state index >= 15 is 0 Å². The second-order valence-electron chi connectivity index (χ2n) is 20.0. The van der Waals surface area contributed by atoms with Crippen LogP contribution in [0.2, 0.25) is 36.3 Å². The highest BCUT2D eigenvalue weighted by molar-refractivity contribution is 6.74. The minimum Gasteiger partial charge on any atom is -0.414 e. The van der Waals surface area contributed by atoms with Crippen molar-refractivity contribution in [1.29, 1.82) is 0 Å². The maximum Gasteiger partial charge on any atom is 0.192 e. The van der Waals surface area contributed by atoms with E-state index in [9.17, 15) is 0 Å². The first kappa shape index (κ1) is 35.9. The van der Waals surface area contributed by atoms with Gasteiger partial charge in [0.1, 0.15) is 0 Å². The van der Waals surface area contributed by atoms with E-state index in [-0.39, 0.29) is 10.1 Å². The molecule has 10 atom stereocenters. The fourth-order valence-corrected chi connectivity index (χ4v) is 13.2. The normalized spacial score (nSPS) is 39.5. The van der Waals surface area contributed by atoms with Gasteiger partial charge in [-0.25, -0.2) is 0 Å². The molecule has 4 aliphatic rings. The van der Waals surface area contributed by atoms with Crippen molar-refractivity contribution < 1.29 is 8.85 Å². The Labute approximate surface area is 271 Å². The van der Waals surface area contributed by atoms with Crippen LogP contribution in [-0.2, 0) is 8.85 Å². The molecule has 4 rings (SSSR count). The highest BCUT2D eigenvalue weighted by Gasteiger charge is 2.63. The molecule has 0 spiro atoms. The fraction of sp³-hybridized carbons (Fsp3) is 0.949. The Morgan fingerprint density at radius 2 is 1.33 bits per heavy atom. The fourth-order valence-electron chi connectivity index (χ4n) is 10.4. The van der Waals surface area contributed by atoms with E-state index in [1.54, 1.807) is 0 Å². The minimum atomic E-state index is -1.90. The van der Waals surface area contributed by atoms with E-state index in [1.807, 2.05) is 0 Å². The van der Waals surface area contributed by atoms with Crippen LogP contribution in [0.1, 0.15) is 140 Å². The zero-order valence-electron chi connectivity index (χ0n) is 31.6. The van der Waals surface area contributed by atoms with Crippen LogP contribution in [0.5, 0.6) is 0 Å². The number of allylic oxidation sites excluding steroid dienone is 2. The number of rotatable bonds is 8. The Balaban J connectivity index is 1.62. The Morgan fingerprint density at radius 3 is 1.91 bits per heavy atom. The van der Waals surface area contributed by atoms with Crippen molar-refractivity contribution in [3.05, 3.63) is 11.6 Å². The van der Waals surface area contributed by atoms with Crippen molar-refractivity contribution in [2.24, 2.45) is 46.3 Å². The summed E-state index contributed by atoms with van der Waals surface area (Å²) in [7, 11) is -3.71. The van der Waals surface area contributed by atoms with Crippen LogP contribution < -0.4 is 0 Å². The number of hydrogen-bond donors (Lipinski definition) is 0. The lowest BCUT2D eigenvalue weighted by molar-refractivity contribution is -0.167. The molecule has 0 aromatic rings. The zero-order chi connectivity index (χ0) is 32.4. The van der Waals surface area contributed by atoms with Crippen molar-refractivity contribution in [1.82, 2.24) is 0 Å². The van der Waals surface area contributed by atoms with Gasteiger partial charge in [-0.1, -0.05) is 74.0 Å². The summed E-state index contributed by atoms with van der Waals surface area (Å²) in [4.78, 5) is 0. The van der Waals surface area contributed by atoms with Gasteiger partial charge in [-0.15, -0.1) is 0 Å². The monoisotopic (exact) mass is 631 g/mol. The van der Waals surface area contributed by atoms with E-state index in [4.69, 9.17) is 8.85 Å². The quantitative estimate of drug-likeness (QED) is 0.196. The molecule has 0 bridgehead atoms. The molecule has 0 radical (unpaired) electrons. The summed E-state index contributed by atoms with van der Waals surface area (Å²) in [5.41, 5.74) is 2.38. The molecule has 0 unspecified atom stereocenters. The molecule has 4 heteroatoms. The summed E-state index contributed by atoms with van der Waals surface area (Å²) in [5.74, 6) is 4.94. The maximum atomic E-state index is 7.59. The van der Waals surface area contributed by atoms with Crippen LogP contribution in [0.15, 0.2) is 11.6 Å². The third kappa shape index (κ3) is 6.89. The molecule has 0 saturated heterocycles. The molecule has 0 heterocycles. The average molecular weight is 631 g/mol. The molecule has 0 amide bonds. The van der Waals surface area contributed by atoms with Crippen molar-refractivity contribution in [2.45, 2.75) is 189 Å². The topological polar surface area (TPSA) is 18.5 Å². The predicted molar refractivity (Wildman–Crippen MR) is 193 cm³/mol. The summed E-state index contributed by atoms with van der Waals surface area (Å²) in [6.07, 6.45) is 16.8. The lowest BCUT2D eigenvalue weighted by atomic mass is 9.43. The first-order chi connectivity index (χ1) is 19.5. The average Bonchev–Trinajstić information content (AvgIpc) is 3.20. The lowest BCUT2D eigenvalue weighted by Crippen LogP contribution is -2.61. The van der Waals surface area contributed by atoms with E-state index in [1.165, 1.54) is 69.8 Å². The summed E-state index contributed by atoms with van der Waals surface area (Å²) in [6, 6.07) is 0. The largest absolute Gasteiger partial charge is 0.414 e. The van der Waals surface area contributed by atoms with Crippen LogP contribution in [0.4, 0.5) is 0 Å². The van der Waals surface area contributed by atoms with E-state index in [0.717, 1.165) is 29.6 Å². The van der Waals surface area contributed by atoms with Gasteiger partial charge in [0.05, 0.1) is 0 Å². The van der Waals surface area contributed by atoms with Crippen molar-refractivity contribution in [3.63, 3.8) is 0 Å². The molecule has 4 fully saturated rings. The van der Waals surface area contributed by atoms with Gasteiger partial charge >= 0.3 is 0 Å². The van der Waals surface area contributed by atoms with Gasteiger partial charge in [0.15, 0.2) is 16.6 Å². The highest BCUT2D eigenvalue weighted by atomic mass is 28.4. The standard InChI is InChI=1S/C39H74O2Si2/c1-27(2)17-16-18-28(3)31-19-20-32-30-26-35(41-43(14,15)37(7,8)9)34-25-29(40-42(12,13)36(4,5)6)21-23-39(34,11)33(30)22-24-38(31,32)10/h17,28-35H,16,18-26H2,1-15H3/t28-,29-,30+,31-,32+,33+,34+,35+,38-,39-/m1/s1. The Morgan fingerprint density at radius 1 is 0.767 bits per heavy atom. The molecule has 4 saturated carbocycles. The van der Waals surface area contributed by atoms with Gasteiger partial charge in [-0.3, -0.25) is 0 Å². The van der Waals surface area contributed by atoms with E-state index in [0.29, 0.717) is 29.0 Å². The van der Waals surface area contributed by atoms with Crippen molar-refractivity contribution in [2.75, 3.05) is 0 Å². The second kappa shape index (κ2) is 12.3. The molecule has 0 N–H and O–H groups in total. The van der Waals surface area contributed by atoms with Crippen molar-refractivity contribution >= 4 is 16.6 Å². The first-order valence-corrected chi connectivity index (χ1v) is 24.3. The third-order valence-corrected chi connectivity index (χ3v) is 24.1. The minimum absolute atomic E-state index is 0.242. The lowest BCUT2D eigenvalue weighted by Gasteiger charge is -2.64. The maximum absolute atomic E-state index is 7.59. The third-order valence-electron chi connectivity index (χ3n) is 15.1. The summed E-state index contributed by atoms with van der Waals surface area (Å²) >= 11 is 0. The van der Waals surface area contributed by atoms with Crippen molar-refractivity contribution in [3.8, 4) is 0 Å². The summed E-state index contributed by atoms with van der Waals surface area (Å²) < 4.78 is 14.8. The Hall–Kier alpha value is 0.0938. The molecule has 0 aromatic carbocycles. The summed E-state index contributed by atoms with van der Waals surface area (Å²) in [6.45, 7) is 37.0. The zero-order valence-corrected chi connectivity index (χ0v) is 33.6. The van der Waals surface area contributed by atoms with Gasteiger partial charge in [-0.05, 0) is 161 Å². The van der Waals surface area contributed by atoms with Crippen LogP contribution in [-0.4, -0.2) is 28.8 Å². The molecule has 4 aliphatic carbocycles. The van der Waals surface area contributed by atoms with E-state index < -0.39 is 16.6 Å². The molecule has 2 nitrogen and oxygen atoms in total. The Kier molecular flexibility index (Phi) is 10.3. The first-order valence-electron chi connectivity index (χ1n) is 18.5. The molecular formula is C39H74O2Si2. The van der Waals surface area contributed by atoms with Crippen LogP contribution >= 0.6 is 0 Å². The molecule has 0 aromatic heterocycles. The molecule has 250 valence electrons. The van der Waals surface area contributed by atoms with Gasteiger partial charge in [0, 0.05) is 12.2 Å². The predicted octanol–water partition coefficient (Wildman–Crippen LogP) is 12.4. The van der Waals surface area contributed by atoms with Crippen LogP contribution in [0.3, 0.4) is 0 Å². The smallest absolute Gasteiger partial charge is 0.192 e. The number of fused-ring (bicyclic) bond motifs is 5.